The maximum absolute atomic E-state index is 12.3. The van der Waals surface area contributed by atoms with E-state index in [4.69, 9.17) is 16.3 Å². The summed E-state index contributed by atoms with van der Waals surface area (Å²) in [5, 5.41) is 14.1. The quantitative estimate of drug-likeness (QED) is 0.850. The number of aromatic amines is 1. The minimum absolute atomic E-state index is 0.0277. The van der Waals surface area contributed by atoms with Crippen molar-refractivity contribution < 1.29 is 9.53 Å². The zero-order valence-corrected chi connectivity index (χ0v) is 13.9. The van der Waals surface area contributed by atoms with Crippen molar-refractivity contribution in [1.29, 1.82) is 0 Å². The molecular weight excluding hydrogens is 316 g/mol. The number of halogens is 1. The monoisotopic (exact) mass is 334 g/mol. The molecule has 0 spiro atoms. The molecule has 1 aromatic carbocycles. The highest BCUT2D eigenvalue weighted by Crippen LogP contribution is 2.39. The second-order valence-electron chi connectivity index (χ2n) is 5.93. The summed E-state index contributed by atoms with van der Waals surface area (Å²) >= 11 is 6.02. The molecule has 0 saturated heterocycles. The first-order chi connectivity index (χ1) is 11.0. The molecule has 1 fully saturated rings. The maximum atomic E-state index is 12.3. The van der Waals surface area contributed by atoms with Gasteiger partial charge in [-0.1, -0.05) is 17.7 Å². The van der Waals surface area contributed by atoms with Crippen molar-refractivity contribution in [3.8, 4) is 5.75 Å². The van der Waals surface area contributed by atoms with Gasteiger partial charge in [0.1, 0.15) is 5.75 Å². The lowest BCUT2D eigenvalue weighted by atomic mass is 10.2. The van der Waals surface area contributed by atoms with Gasteiger partial charge in [-0.2, -0.15) is 15.4 Å². The number of rotatable bonds is 6. The fourth-order valence-corrected chi connectivity index (χ4v) is 2.51. The number of H-pyrrole nitrogens is 1. The molecule has 3 rings (SSSR count). The van der Waals surface area contributed by atoms with Crippen molar-refractivity contribution in [2.75, 3.05) is 0 Å². The first-order valence-electron chi connectivity index (χ1n) is 7.68. The number of nitrogens with zero attached hydrogens (tertiary/aromatic N) is 2. The molecule has 1 aliphatic carbocycles. The Morgan fingerprint density at radius 3 is 2.91 bits per heavy atom. The molecule has 6 nitrogen and oxygen atoms in total. The third kappa shape index (κ3) is 3.82. The van der Waals surface area contributed by atoms with Gasteiger partial charge in [0.25, 0.3) is 5.91 Å². The van der Waals surface area contributed by atoms with Crippen LogP contribution in [0.15, 0.2) is 18.2 Å². The number of hydrogen-bond acceptors (Lipinski definition) is 4. The van der Waals surface area contributed by atoms with E-state index in [1.165, 1.54) is 0 Å². The SMILES string of the molecule is CC(C)Oc1cc(Cl)ccc1CNC(=O)c1n[nH]nc1C1CC1. The number of carbonyl (C=O) groups is 1. The predicted octanol–water partition coefficient (Wildman–Crippen LogP) is 3.05. The molecule has 1 saturated carbocycles. The van der Waals surface area contributed by atoms with E-state index in [9.17, 15) is 4.79 Å². The van der Waals surface area contributed by atoms with Crippen LogP contribution < -0.4 is 10.1 Å². The normalized spacial score (nSPS) is 14.1. The van der Waals surface area contributed by atoms with Crippen LogP contribution in [0.5, 0.6) is 5.75 Å². The van der Waals surface area contributed by atoms with Crippen molar-refractivity contribution in [3.63, 3.8) is 0 Å². The molecule has 1 aliphatic rings. The van der Waals surface area contributed by atoms with Crippen LogP contribution in [0.2, 0.25) is 5.02 Å². The fourth-order valence-electron chi connectivity index (χ4n) is 2.34. The van der Waals surface area contributed by atoms with Gasteiger partial charge in [0, 0.05) is 23.0 Å². The zero-order valence-electron chi connectivity index (χ0n) is 13.1. The van der Waals surface area contributed by atoms with Crippen LogP contribution in [0.1, 0.15) is 54.4 Å². The molecule has 2 N–H and O–H groups in total. The van der Waals surface area contributed by atoms with Gasteiger partial charge >= 0.3 is 0 Å². The number of ether oxygens (including phenoxy) is 1. The average molecular weight is 335 g/mol. The highest BCUT2D eigenvalue weighted by molar-refractivity contribution is 6.30. The summed E-state index contributed by atoms with van der Waals surface area (Å²) < 4.78 is 5.75. The van der Waals surface area contributed by atoms with Crippen molar-refractivity contribution in [2.24, 2.45) is 0 Å². The van der Waals surface area contributed by atoms with Gasteiger partial charge in [-0.25, -0.2) is 0 Å². The number of benzene rings is 1. The van der Waals surface area contributed by atoms with Gasteiger partial charge < -0.3 is 10.1 Å². The van der Waals surface area contributed by atoms with Gasteiger partial charge in [0.05, 0.1) is 11.8 Å². The molecule has 0 radical (unpaired) electrons. The molecule has 0 unspecified atom stereocenters. The molecule has 2 aromatic rings. The molecule has 0 atom stereocenters. The molecule has 1 aromatic heterocycles. The maximum Gasteiger partial charge on any atom is 0.274 e. The lowest BCUT2D eigenvalue weighted by molar-refractivity contribution is 0.0944. The van der Waals surface area contributed by atoms with Gasteiger partial charge in [-0.05, 0) is 38.8 Å². The van der Waals surface area contributed by atoms with Crippen LogP contribution in [-0.4, -0.2) is 27.4 Å². The summed E-state index contributed by atoms with van der Waals surface area (Å²) in [5.74, 6) is 0.811. The number of amides is 1. The van der Waals surface area contributed by atoms with E-state index in [1.807, 2.05) is 19.9 Å². The number of carbonyl (C=O) groups excluding carboxylic acids is 1. The summed E-state index contributed by atoms with van der Waals surface area (Å²) in [6.45, 7) is 4.23. The molecule has 0 bridgehead atoms. The third-order valence-electron chi connectivity index (χ3n) is 3.59. The summed E-state index contributed by atoms with van der Waals surface area (Å²) in [4.78, 5) is 12.3. The van der Waals surface area contributed by atoms with Crippen molar-refractivity contribution in [3.05, 3.63) is 40.2 Å². The van der Waals surface area contributed by atoms with Gasteiger partial charge in [0.15, 0.2) is 5.69 Å². The number of nitrogens with one attached hydrogen (secondary N) is 2. The van der Waals surface area contributed by atoms with E-state index in [0.717, 1.165) is 24.1 Å². The Hall–Kier alpha value is -2.08. The summed E-state index contributed by atoms with van der Waals surface area (Å²) in [5.41, 5.74) is 2.01. The second kappa shape index (κ2) is 6.58. The molecule has 23 heavy (non-hydrogen) atoms. The van der Waals surface area contributed by atoms with Crippen LogP contribution in [0.4, 0.5) is 0 Å². The van der Waals surface area contributed by atoms with Crippen LogP contribution in [-0.2, 0) is 6.54 Å². The van der Waals surface area contributed by atoms with Crippen LogP contribution in [0.25, 0.3) is 0 Å². The van der Waals surface area contributed by atoms with E-state index in [-0.39, 0.29) is 12.0 Å². The molecule has 0 aliphatic heterocycles. The Bertz CT molecular complexity index is 710. The van der Waals surface area contributed by atoms with E-state index < -0.39 is 0 Å². The Kier molecular flexibility index (Phi) is 4.52. The number of aromatic nitrogens is 3. The predicted molar refractivity (Wildman–Crippen MR) is 86.7 cm³/mol. The van der Waals surface area contributed by atoms with Crippen molar-refractivity contribution in [2.45, 2.75) is 45.3 Å². The minimum atomic E-state index is -0.230. The smallest absolute Gasteiger partial charge is 0.274 e. The van der Waals surface area contributed by atoms with Crippen LogP contribution in [0, 0.1) is 0 Å². The van der Waals surface area contributed by atoms with Crippen LogP contribution in [0.3, 0.4) is 0 Å². The second-order valence-corrected chi connectivity index (χ2v) is 6.37. The Morgan fingerprint density at radius 2 is 2.22 bits per heavy atom. The van der Waals surface area contributed by atoms with E-state index >= 15 is 0 Å². The number of hydrogen-bond donors (Lipinski definition) is 2. The van der Waals surface area contributed by atoms with E-state index in [1.54, 1.807) is 12.1 Å². The van der Waals surface area contributed by atoms with Crippen LogP contribution >= 0.6 is 11.6 Å². The molecular formula is C16H19ClN4O2. The van der Waals surface area contributed by atoms with Gasteiger partial charge in [-0.3, -0.25) is 4.79 Å². The van der Waals surface area contributed by atoms with E-state index in [0.29, 0.717) is 28.9 Å². The summed E-state index contributed by atoms with van der Waals surface area (Å²) in [6.07, 6.45) is 2.16. The van der Waals surface area contributed by atoms with Crippen molar-refractivity contribution in [1.82, 2.24) is 20.7 Å². The zero-order chi connectivity index (χ0) is 16.4. The standard InChI is InChI=1S/C16H19ClN4O2/c1-9(2)23-13-7-12(17)6-5-11(13)8-18-16(22)15-14(10-3-4-10)19-21-20-15/h5-7,9-10H,3-4,8H2,1-2H3,(H,18,22)(H,19,20,21). The lowest BCUT2D eigenvalue weighted by Crippen LogP contribution is -2.24. The molecule has 1 amide bonds. The Labute approximate surface area is 139 Å². The Morgan fingerprint density at radius 1 is 1.43 bits per heavy atom. The highest BCUT2D eigenvalue weighted by atomic mass is 35.5. The van der Waals surface area contributed by atoms with E-state index in [2.05, 4.69) is 20.7 Å². The summed E-state index contributed by atoms with van der Waals surface area (Å²) in [6, 6.07) is 5.39. The van der Waals surface area contributed by atoms with Gasteiger partial charge in [0.2, 0.25) is 0 Å². The Balaban J connectivity index is 1.70. The third-order valence-corrected chi connectivity index (χ3v) is 3.82. The minimum Gasteiger partial charge on any atom is -0.491 e. The van der Waals surface area contributed by atoms with Gasteiger partial charge in [-0.15, -0.1) is 0 Å². The first-order valence-corrected chi connectivity index (χ1v) is 8.06. The summed E-state index contributed by atoms with van der Waals surface area (Å²) in [7, 11) is 0. The van der Waals surface area contributed by atoms with Crippen molar-refractivity contribution >= 4 is 17.5 Å². The lowest BCUT2D eigenvalue weighted by Gasteiger charge is -2.15. The average Bonchev–Trinajstić information content (AvgIpc) is 3.22. The molecule has 1 heterocycles. The molecule has 7 heteroatoms. The highest BCUT2D eigenvalue weighted by Gasteiger charge is 2.31. The first kappa shape index (κ1) is 15.8. The fraction of sp³-hybridized carbons (Fsp3) is 0.438. The largest absolute Gasteiger partial charge is 0.491 e. The molecule has 122 valence electrons. The topological polar surface area (TPSA) is 79.9 Å².